The number of carbonyl (C=O) groups is 1. The molecule has 5 heteroatoms. The normalized spacial score (nSPS) is 24.1. The summed E-state index contributed by atoms with van der Waals surface area (Å²) in [5.74, 6) is 0.732. The second-order valence-electron chi connectivity index (χ2n) is 5.00. The van der Waals surface area contributed by atoms with E-state index in [0.29, 0.717) is 5.69 Å². The van der Waals surface area contributed by atoms with Gasteiger partial charge in [0.15, 0.2) is 6.29 Å². The summed E-state index contributed by atoms with van der Waals surface area (Å²) in [5, 5.41) is 8.03. The maximum atomic E-state index is 10.9. The largest absolute Gasteiger partial charge is 0.376 e. The molecule has 1 aromatic rings. The van der Waals surface area contributed by atoms with Gasteiger partial charge in [-0.05, 0) is 38.0 Å². The minimum atomic E-state index is 0.245. The van der Waals surface area contributed by atoms with Crippen molar-refractivity contribution in [3.63, 3.8) is 0 Å². The number of hydrogen-bond acceptors (Lipinski definition) is 4. The average molecular weight is 235 g/mol. The van der Waals surface area contributed by atoms with E-state index in [9.17, 15) is 4.79 Å². The molecule has 5 nitrogen and oxygen atoms in total. The molecule has 0 aromatic carbocycles. The molecule has 1 unspecified atom stereocenters. The van der Waals surface area contributed by atoms with Gasteiger partial charge in [0.25, 0.3) is 0 Å². The minimum absolute atomic E-state index is 0.245. The van der Waals surface area contributed by atoms with Crippen LogP contribution in [0, 0.1) is 5.92 Å². The molecular weight excluding hydrogens is 218 g/mol. The highest BCUT2D eigenvalue weighted by Crippen LogP contribution is 2.33. The molecule has 1 saturated carbocycles. The third-order valence-corrected chi connectivity index (χ3v) is 3.56. The third kappa shape index (κ3) is 2.39. The summed E-state index contributed by atoms with van der Waals surface area (Å²) in [6.45, 7) is 1.58. The summed E-state index contributed by atoms with van der Waals surface area (Å²) in [6.07, 6.45) is 6.74. The molecule has 0 spiro atoms. The standard InChI is InChI=1S/C12H17N3O2/c16-8-11-12(6-9-3-4-9)15(14-13-11)7-10-2-1-5-17-10/h8-10H,1-7H2. The van der Waals surface area contributed by atoms with Crippen molar-refractivity contribution in [1.29, 1.82) is 0 Å². The van der Waals surface area contributed by atoms with E-state index in [1.807, 2.05) is 4.68 Å². The van der Waals surface area contributed by atoms with Crippen molar-refractivity contribution < 1.29 is 9.53 Å². The number of hydrogen-bond donors (Lipinski definition) is 0. The monoisotopic (exact) mass is 235 g/mol. The fourth-order valence-electron chi connectivity index (χ4n) is 2.37. The Labute approximate surface area is 100 Å². The van der Waals surface area contributed by atoms with Gasteiger partial charge < -0.3 is 4.74 Å². The Morgan fingerprint density at radius 1 is 1.41 bits per heavy atom. The van der Waals surface area contributed by atoms with Crippen molar-refractivity contribution in [1.82, 2.24) is 15.0 Å². The van der Waals surface area contributed by atoms with Crippen LogP contribution in [-0.2, 0) is 17.7 Å². The van der Waals surface area contributed by atoms with Gasteiger partial charge in [0, 0.05) is 6.61 Å². The highest BCUT2D eigenvalue weighted by atomic mass is 16.5. The Morgan fingerprint density at radius 3 is 2.94 bits per heavy atom. The number of nitrogens with zero attached hydrogens (tertiary/aromatic N) is 3. The van der Waals surface area contributed by atoms with Crippen molar-refractivity contribution in [2.45, 2.75) is 44.8 Å². The van der Waals surface area contributed by atoms with Crippen LogP contribution in [0.4, 0.5) is 0 Å². The number of aromatic nitrogens is 3. The number of aldehydes is 1. The Hall–Kier alpha value is -1.23. The van der Waals surface area contributed by atoms with Crippen LogP contribution in [0.1, 0.15) is 41.9 Å². The summed E-state index contributed by atoms with van der Waals surface area (Å²) in [6, 6.07) is 0. The molecule has 1 aliphatic heterocycles. The van der Waals surface area contributed by atoms with Crippen LogP contribution >= 0.6 is 0 Å². The van der Waals surface area contributed by atoms with Gasteiger partial charge in [-0.25, -0.2) is 4.68 Å². The van der Waals surface area contributed by atoms with Gasteiger partial charge in [-0.3, -0.25) is 4.79 Å². The molecule has 3 rings (SSSR count). The lowest BCUT2D eigenvalue weighted by Crippen LogP contribution is -2.18. The van der Waals surface area contributed by atoms with Crippen LogP contribution in [0.3, 0.4) is 0 Å². The lowest BCUT2D eigenvalue weighted by molar-refractivity contribution is 0.0926. The van der Waals surface area contributed by atoms with Crippen LogP contribution < -0.4 is 0 Å². The first-order chi connectivity index (χ1) is 8.36. The van der Waals surface area contributed by atoms with Crippen LogP contribution in [0.25, 0.3) is 0 Å². The Morgan fingerprint density at radius 2 is 2.29 bits per heavy atom. The molecule has 17 heavy (non-hydrogen) atoms. The molecule has 0 bridgehead atoms. The van der Waals surface area contributed by atoms with Gasteiger partial charge in [-0.2, -0.15) is 0 Å². The first kappa shape index (κ1) is 10.9. The first-order valence-electron chi connectivity index (χ1n) is 6.36. The van der Waals surface area contributed by atoms with E-state index in [-0.39, 0.29) is 6.10 Å². The first-order valence-corrected chi connectivity index (χ1v) is 6.36. The fourth-order valence-corrected chi connectivity index (χ4v) is 2.37. The Bertz CT molecular complexity index is 406. The van der Waals surface area contributed by atoms with Crippen molar-refractivity contribution in [2.24, 2.45) is 5.92 Å². The van der Waals surface area contributed by atoms with E-state index in [2.05, 4.69) is 10.3 Å². The molecule has 2 fully saturated rings. The molecule has 1 atom stereocenters. The molecule has 1 aromatic heterocycles. The van der Waals surface area contributed by atoms with Crippen molar-refractivity contribution in [2.75, 3.05) is 6.61 Å². The topological polar surface area (TPSA) is 57.0 Å². The third-order valence-electron chi connectivity index (χ3n) is 3.56. The number of rotatable bonds is 5. The summed E-state index contributed by atoms with van der Waals surface area (Å²) in [4.78, 5) is 10.9. The highest BCUT2D eigenvalue weighted by Gasteiger charge is 2.27. The van der Waals surface area contributed by atoms with Crippen LogP contribution in [0.5, 0.6) is 0 Å². The summed E-state index contributed by atoms with van der Waals surface area (Å²) in [7, 11) is 0. The van der Waals surface area contributed by atoms with Gasteiger partial charge in [-0.15, -0.1) is 5.10 Å². The molecule has 92 valence electrons. The quantitative estimate of drug-likeness (QED) is 0.720. The Kier molecular flexibility index (Phi) is 2.93. The summed E-state index contributed by atoms with van der Waals surface area (Å²) < 4.78 is 7.47. The zero-order valence-electron chi connectivity index (χ0n) is 9.84. The minimum Gasteiger partial charge on any atom is -0.376 e. The van der Waals surface area contributed by atoms with E-state index in [1.165, 1.54) is 12.8 Å². The lowest BCUT2D eigenvalue weighted by Gasteiger charge is -2.11. The van der Waals surface area contributed by atoms with Gasteiger partial charge in [0.05, 0.1) is 18.3 Å². The van der Waals surface area contributed by atoms with Gasteiger partial charge >= 0.3 is 0 Å². The van der Waals surface area contributed by atoms with Crippen molar-refractivity contribution in [3.05, 3.63) is 11.4 Å². The zero-order valence-corrected chi connectivity index (χ0v) is 9.84. The SMILES string of the molecule is O=Cc1nnn(CC2CCCO2)c1CC1CC1. The molecule has 2 aliphatic rings. The van der Waals surface area contributed by atoms with Gasteiger partial charge in [0.1, 0.15) is 5.69 Å². The predicted octanol–water partition coefficient (Wildman–Crippen LogP) is 1.22. The molecule has 0 amide bonds. The van der Waals surface area contributed by atoms with E-state index in [0.717, 1.165) is 50.3 Å². The molecule has 0 radical (unpaired) electrons. The number of ether oxygens (including phenoxy) is 1. The Balaban J connectivity index is 1.76. The smallest absolute Gasteiger partial charge is 0.172 e. The zero-order chi connectivity index (χ0) is 11.7. The molecule has 2 heterocycles. The molecular formula is C12H17N3O2. The summed E-state index contributed by atoms with van der Waals surface area (Å²) in [5.41, 5.74) is 1.51. The van der Waals surface area contributed by atoms with E-state index < -0.39 is 0 Å². The van der Waals surface area contributed by atoms with Crippen molar-refractivity contribution >= 4 is 6.29 Å². The maximum Gasteiger partial charge on any atom is 0.172 e. The molecule has 0 N–H and O–H groups in total. The maximum absolute atomic E-state index is 10.9. The molecule has 1 saturated heterocycles. The fraction of sp³-hybridized carbons (Fsp3) is 0.750. The second-order valence-corrected chi connectivity index (χ2v) is 5.00. The number of carbonyl (C=O) groups excluding carboxylic acids is 1. The van der Waals surface area contributed by atoms with E-state index in [4.69, 9.17) is 4.74 Å². The van der Waals surface area contributed by atoms with Gasteiger partial charge in [0.2, 0.25) is 0 Å². The molecule has 1 aliphatic carbocycles. The predicted molar refractivity (Wildman–Crippen MR) is 60.8 cm³/mol. The summed E-state index contributed by atoms with van der Waals surface area (Å²) >= 11 is 0. The van der Waals surface area contributed by atoms with Gasteiger partial charge in [-0.1, -0.05) is 5.21 Å². The van der Waals surface area contributed by atoms with Crippen LogP contribution in [0.2, 0.25) is 0 Å². The van der Waals surface area contributed by atoms with Crippen LogP contribution in [-0.4, -0.2) is 34.0 Å². The van der Waals surface area contributed by atoms with Crippen molar-refractivity contribution in [3.8, 4) is 0 Å². The van der Waals surface area contributed by atoms with Crippen LogP contribution in [0.15, 0.2) is 0 Å². The highest BCUT2D eigenvalue weighted by molar-refractivity contribution is 5.73. The lowest BCUT2D eigenvalue weighted by atomic mass is 10.1. The second kappa shape index (κ2) is 4.56. The average Bonchev–Trinajstić information content (AvgIpc) is 2.87. The van der Waals surface area contributed by atoms with E-state index >= 15 is 0 Å². The van der Waals surface area contributed by atoms with E-state index in [1.54, 1.807) is 0 Å².